The van der Waals surface area contributed by atoms with Crippen molar-refractivity contribution in [2.45, 2.75) is 17.4 Å². The first kappa shape index (κ1) is 16.1. The molecule has 0 aromatic heterocycles. The van der Waals surface area contributed by atoms with E-state index < -0.39 is 15.8 Å². The molecule has 21 heavy (non-hydrogen) atoms. The van der Waals surface area contributed by atoms with Crippen molar-refractivity contribution in [3.8, 4) is 0 Å². The Labute approximate surface area is 132 Å². The average Bonchev–Trinajstić information content (AvgIpc) is 2.47. The second kappa shape index (κ2) is 7.15. The van der Waals surface area contributed by atoms with E-state index in [1.165, 1.54) is 18.2 Å². The molecule has 0 bridgehead atoms. The average molecular weight is 372 g/mol. The summed E-state index contributed by atoms with van der Waals surface area (Å²) in [6.45, 7) is 0. The predicted octanol–water partition coefficient (Wildman–Crippen LogP) is 3.11. The molecule has 2 rings (SSSR count). The van der Waals surface area contributed by atoms with E-state index in [9.17, 15) is 12.8 Å². The fraction of sp³-hybridized carbons (Fsp3) is 0.200. The number of hydrogen-bond acceptors (Lipinski definition) is 2. The zero-order chi connectivity index (χ0) is 15.3. The summed E-state index contributed by atoms with van der Waals surface area (Å²) >= 11 is 3.31. The summed E-state index contributed by atoms with van der Waals surface area (Å²) in [6.07, 6.45) is 0.556. The van der Waals surface area contributed by atoms with Gasteiger partial charge in [0.15, 0.2) is 0 Å². The van der Waals surface area contributed by atoms with Crippen molar-refractivity contribution in [3.05, 3.63) is 66.0 Å². The lowest BCUT2D eigenvalue weighted by Gasteiger charge is -2.16. The first-order valence-corrected chi connectivity index (χ1v) is 8.99. The molecule has 0 aliphatic carbocycles. The lowest BCUT2D eigenvalue weighted by molar-refractivity contribution is 0.559. The largest absolute Gasteiger partial charge is 0.240 e. The molecule has 1 N–H and O–H groups in total. The van der Waals surface area contributed by atoms with Crippen LogP contribution in [0.25, 0.3) is 0 Å². The molecule has 2 aromatic carbocycles. The van der Waals surface area contributed by atoms with Crippen molar-refractivity contribution < 1.29 is 12.8 Å². The minimum Gasteiger partial charge on any atom is -0.207 e. The van der Waals surface area contributed by atoms with Gasteiger partial charge in [-0.25, -0.2) is 17.5 Å². The second-order valence-electron chi connectivity index (χ2n) is 4.62. The molecule has 3 nitrogen and oxygen atoms in total. The van der Waals surface area contributed by atoms with Gasteiger partial charge in [-0.2, -0.15) is 0 Å². The van der Waals surface area contributed by atoms with E-state index in [-0.39, 0.29) is 10.9 Å². The molecule has 0 fully saturated rings. The lowest BCUT2D eigenvalue weighted by atomic mass is 10.1. The van der Waals surface area contributed by atoms with Crippen LogP contribution in [0, 0.1) is 5.82 Å². The Hall–Kier alpha value is -1.24. The highest BCUT2D eigenvalue weighted by molar-refractivity contribution is 9.09. The maximum absolute atomic E-state index is 13.2. The fourth-order valence-electron chi connectivity index (χ4n) is 1.95. The molecule has 0 aliphatic rings. The Morgan fingerprint density at radius 2 is 1.81 bits per heavy atom. The SMILES string of the molecule is O=S(=O)(NC(CBr)Cc1ccccc1)c1cccc(F)c1. The zero-order valence-electron chi connectivity index (χ0n) is 11.2. The van der Waals surface area contributed by atoms with Gasteiger partial charge in [0, 0.05) is 11.4 Å². The van der Waals surface area contributed by atoms with Crippen LogP contribution in [-0.4, -0.2) is 19.8 Å². The topological polar surface area (TPSA) is 46.2 Å². The first-order valence-electron chi connectivity index (χ1n) is 6.39. The van der Waals surface area contributed by atoms with Gasteiger partial charge in [0.1, 0.15) is 5.82 Å². The van der Waals surface area contributed by atoms with E-state index in [0.29, 0.717) is 11.8 Å². The van der Waals surface area contributed by atoms with Crippen molar-refractivity contribution in [3.63, 3.8) is 0 Å². The van der Waals surface area contributed by atoms with E-state index in [2.05, 4.69) is 20.7 Å². The summed E-state index contributed by atoms with van der Waals surface area (Å²) in [5, 5.41) is 0.469. The van der Waals surface area contributed by atoms with Gasteiger partial charge in [0.25, 0.3) is 0 Å². The standard InChI is InChI=1S/C15H15BrFNO2S/c16-11-14(9-12-5-2-1-3-6-12)18-21(19,20)15-8-4-7-13(17)10-15/h1-8,10,14,18H,9,11H2. The van der Waals surface area contributed by atoms with Gasteiger partial charge in [0.05, 0.1) is 4.90 Å². The molecule has 0 spiro atoms. The second-order valence-corrected chi connectivity index (χ2v) is 6.98. The molecule has 0 saturated heterocycles. The summed E-state index contributed by atoms with van der Waals surface area (Å²) in [5.74, 6) is -0.573. The summed E-state index contributed by atoms with van der Waals surface area (Å²) in [6, 6.07) is 14.3. The van der Waals surface area contributed by atoms with Gasteiger partial charge in [-0.05, 0) is 30.2 Å². The van der Waals surface area contributed by atoms with Gasteiger partial charge in [-0.3, -0.25) is 0 Å². The molecule has 0 heterocycles. The van der Waals surface area contributed by atoms with Crippen molar-refractivity contribution in [1.82, 2.24) is 4.72 Å². The molecule has 2 aromatic rings. The molecule has 0 radical (unpaired) electrons. The minimum absolute atomic E-state index is 0.0680. The summed E-state index contributed by atoms with van der Waals surface area (Å²) in [5.41, 5.74) is 1.03. The van der Waals surface area contributed by atoms with Gasteiger partial charge in [-0.1, -0.05) is 52.3 Å². The van der Waals surface area contributed by atoms with Crippen molar-refractivity contribution in [1.29, 1.82) is 0 Å². The Morgan fingerprint density at radius 3 is 2.43 bits per heavy atom. The van der Waals surface area contributed by atoms with Gasteiger partial charge in [-0.15, -0.1) is 0 Å². The van der Waals surface area contributed by atoms with Gasteiger partial charge < -0.3 is 0 Å². The smallest absolute Gasteiger partial charge is 0.207 e. The predicted molar refractivity (Wildman–Crippen MR) is 84.4 cm³/mol. The first-order chi connectivity index (χ1) is 10.0. The molecular weight excluding hydrogens is 357 g/mol. The quantitative estimate of drug-likeness (QED) is 0.793. The van der Waals surface area contributed by atoms with Gasteiger partial charge >= 0.3 is 0 Å². The lowest BCUT2D eigenvalue weighted by Crippen LogP contribution is -2.37. The van der Waals surface area contributed by atoms with Crippen LogP contribution >= 0.6 is 15.9 Å². The van der Waals surface area contributed by atoms with Crippen molar-refractivity contribution in [2.24, 2.45) is 0 Å². The molecule has 112 valence electrons. The van der Waals surface area contributed by atoms with Crippen molar-refractivity contribution in [2.75, 3.05) is 5.33 Å². The van der Waals surface area contributed by atoms with Crippen LogP contribution in [0.5, 0.6) is 0 Å². The normalized spacial score (nSPS) is 13.0. The van der Waals surface area contributed by atoms with Crippen molar-refractivity contribution >= 4 is 26.0 Å². The highest BCUT2D eigenvalue weighted by atomic mass is 79.9. The summed E-state index contributed by atoms with van der Waals surface area (Å²) in [4.78, 5) is -0.0680. The van der Waals surface area contributed by atoms with Crippen LogP contribution in [0.15, 0.2) is 59.5 Å². The summed E-state index contributed by atoms with van der Waals surface area (Å²) < 4.78 is 40.2. The minimum atomic E-state index is -3.73. The molecule has 1 unspecified atom stereocenters. The number of halogens is 2. The number of hydrogen-bond donors (Lipinski definition) is 1. The number of nitrogens with one attached hydrogen (secondary N) is 1. The van der Waals surface area contributed by atoms with E-state index in [4.69, 9.17) is 0 Å². The molecular formula is C15H15BrFNO2S. The van der Waals surface area contributed by atoms with Crippen LogP contribution in [0.2, 0.25) is 0 Å². The van der Waals surface area contributed by atoms with E-state index in [0.717, 1.165) is 11.6 Å². The van der Waals surface area contributed by atoms with Gasteiger partial charge in [0.2, 0.25) is 10.0 Å². The molecule has 0 saturated carbocycles. The van der Waals surface area contributed by atoms with E-state index >= 15 is 0 Å². The van der Waals surface area contributed by atoms with E-state index in [1.54, 1.807) is 0 Å². The Kier molecular flexibility index (Phi) is 5.50. The molecule has 0 aliphatic heterocycles. The van der Waals surface area contributed by atoms with Crippen LogP contribution in [0.3, 0.4) is 0 Å². The van der Waals surface area contributed by atoms with Crippen LogP contribution < -0.4 is 4.72 Å². The zero-order valence-corrected chi connectivity index (χ0v) is 13.6. The molecule has 6 heteroatoms. The third-order valence-electron chi connectivity index (χ3n) is 2.94. The maximum Gasteiger partial charge on any atom is 0.240 e. The van der Waals surface area contributed by atoms with Crippen LogP contribution in [0.1, 0.15) is 5.56 Å². The Bertz CT molecular complexity index is 692. The highest BCUT2D eigenvalue weighted by Crippen LogP contribution is 2.13. The Morgan fingerprint density at radius 1 is 1.10 bits per heavy atom. The third kappa shape index (κ3) is 4.62. The van der Waals surface area contributed by atoms with Crippen LogP contribution in [0.4, 0.5) is 4.39 Å². The monoisotopic (exact) mass is 371 g/mol. The third-order valence-corrected chi connectivity index (χ3v) is 5.24. The molecule has 1 atom stereocenters. The summed E-state index contributed by atoms with van der Waals surface area (Å²) in [7, 11) is -3.73. The van der Waals surface area contributed by atoms with E-state index in [1.807, 2.05) is 30.3 Å². The highest BCUT2D eigenvalue weighted by Gasteiger charge is 2.20. The molecule has 0 amide bonds. The van der Waals surface area contributed by atoms with Crippen LogP contribution in [-0.2, 0) is 16.4 Å². The maximum atomic E-state index is 13.2. The number of sulfonamides is 1. The Balaban J connectivity index is 2.14. The number of alkyl halides is 1. The fourth-order valence-corrected chi connectivity index (χ4v) is 3.82. The number of rotatable bonds is 6. The number of benzene rings is 2.